The van der Waals surface area contributed by atoms with Gasteiger partial charge < -0.3 is 10.6 Å². The molecule has 2 N–H and O–H groups in total. The van der Waals surface area contributed by atoms with E-state index in [1.165, 1.54) is 11.3 Å². The second-order valence-corrected chi connectivity index (χ2v) is 6.16. The van der Waals surface area contributed by atoms with Crippen LogP contribution in [0.25, 0.3) is 0 Å². The third-order valence-electron chi connectivity index (χ3n) is 3.19. The fraction of sp³-hybridized carbons (Fsp3) is 0.0588. The molecular formula is C17H14ClN3OS. The molecule has 23 heavy (non-hydrogen) atoms. The second kappa shape index (κ2) is 7.26. The molecule has 0 spiro atoms. The average Bonchev–Trinajstić information content (AvgIpc) is 3.10. The van der Waals surface area contributed by atoms with Gasteiger partial charge in [0.2, 0.25) is 0 Å². The van der Waals surface area contributed by atoms with Crippen molar-refractivity contribution in [1.29, 1.82) is 0 Å². The van der Waals surface area contributed by atoms with E-state index in [2.05, 4.69) is 15.6 Å². The van der Waals surface area contributed by atoms with Gasteiger partial charge in [-0.3, -0.25) is 4.79 Å². The Labute approximate surface area is 143 Å². The molecule has 0 bridgehead atoms. The van der Waals surface area contributed by atoms with Crippen LogP contribution in [0.4, 0.5) is 11.5 Å². The fourth-order valence-corrected chi connectivity index (χ4v) is 2.82. The summed E-state index contributed by atoms with van der Waals surface area (Å²) in [5, 5.41) is 8.61. The maximum absolute atomic E-state index is 11.9. The zero-order valence-corrected chi connectivity index (χ0v) is 13.7. The average molecular weight is 344 g/mol. The molecule has 3 rings (SSSR count). The van der Waals surface area contributed by atoms with Crippen LogP contribution in [0, 0.1) is 0 Å². The molecule has 0 aliphatic heterocycles. The Morgan fingerprint density at radius 2 is 2.00 bits per heavy atom. The molecule has 1 amide bonds. The molecule has 0 atom stereocenters. The summed E-state index contributed by atoms with van der Waals surface area (Å²) in [6, 6.07) is 14.9. The summed E-state index contributed by atoms with van der Waals surface area (Å²) in [6.45, 7) is 0.613. The summed E-state index contributed by atoms with van der Waals surface area (Å²) in [5.74, 6) is 0.371. The Bertz CT molecular complexity index is 788. The standard InChI is InChI=1S/C17H14ClN3OS/c18-14-5-2-1-4-12(14)10-19-13-7-8-16(20-11-13)21-17(22)15-6-3-9-23-15/h1-9,11,19H,10H2,(H,20,21,22). The number of nitrogens with one attached hydrogen (secondary N) is 2. The summed E-state index contributed by atoms with van der Waals surface area (Å²) >= 11 is 7.52. The Kier molecular flexibility index (Phi) is 4.90. The molecule has 1 aromatic carbocycles. The predicted molar refractivity (Wildman–Crippen MR) is 95.3 cm³/mol. The van der Waals surface area contributed by atoms with Gasteiger partial charge in [0.05, 0.1) is 16.8 Å². The molecule has 6 heteroatoms. The number of rotatable bonds is 5. The highest BCUT2D eigenvalue weighted by Gasteiger charge is 2.07. The van der Waals surface area contributed by atoms with E-state index in [0.717, 1.165) is 16.3 Å². The van der Waals surface area contributed by atoms with Crippen molar-refractivity contribution in [2.24, 2.45) is 0 Å². The van der Waals surface area contributed by atoms with E-state index in [9.17, 15) is 4.79 Å². The van der Waals surface area contributed by atoms with Gasteiger partial charge in [0.15, 0.2) is 0 Å². The van der Waals surface area contributed by atoms with Gasteiger partial charge in [-0.25, -0.2) is 4.98 Å². The largest absolute Gasteiger partial charge is 0.380 e. The minimum Gasteiger partial charge on any atom is -0.380 e. The fourth-order valence-electron chi connectivity index (χ4n) is 2.00. The summed E-state index contributed by atoms with van der Waals surface area (Å²) in [7, 11) is 0. The van der Waals surface area contributed by atoms with Crippen molar-refractivity contribution in [1.82, 2.24) is 4.98 Å². The third kappa shape index (κ3) is 4.09. The van der Waals surface area contributed by atoms with E-state index in [4.69, 9.17) is 11.6 Å². The van der Waals surface area contributed by atoms with Gasteiger partial charge >= 0.3 is 0 Å². The predicted octanol–water partition coefficient (Wildman–Crippen LogP) is 4.66. The number of halogens is 1. The quantitative estimate of drug-likeness (QED) is 0.708. The Morgan fingerprint density at radius 1 is 1.13 bits per heavy atom. The number of pyridine rings is 1. The number of thiophene rings is 1. The van der Waals surface area contributed by atoms with E-state index in [-0.39, 0.29) is 5.91 Å². The van der Waals surface area contributed by atoms with Crippen LogP contribution in [0.1, 0.15) is 15.2 Å². The molecule has 2 heterocycles. The van der Waals surface area contributed by atoms with Crippen molar-refractivity contribution in [3.63, 3.8) is 0 Å². The zero-order valence-electron chi connectivity index (χ0n) is 12.1. The number of carbonyl (C=O) groups excluding carboxylic acids is 1. The van der Waals surface area contributed by atoms with Crippen molar-refractivity contribution in [3.8, 4) is 0 Å². The van der Waals surface area contributed by atoms with Gasteiger partial charge in [-0.2, -0.15) is 0 Å². The highest BCUT2D eigenvalue weighted by atomic mass is 35.5. The van der Waals surface area contributed by atoms with E-state index in [0.29, 0.717) is 17.2 Å². The molecule has 0 saturated carbocycles. The first-order valence-electron chi connectivity index (χ1n) is 7.00. The Morgan fingerprint density at radius 3 is 2.70 bits per heavy atom. The van der Waals surface area contributed by atoms with E-state index < -0.39 is 0 Å². The van der Waals surface area contributed by atoms with E-state index >= 15 is 0 Å². The highest BCUT2D eigenvalue weighted by Crippen LogP contribution is 2.18. The number of hydrogen-bond acceptors (Lipinski definition) is 4. The molecule has 116 valence electrons. The Hall–Kier alpha value is -2.37. The van der Waals surface area contributed by atoms with E-state index in [1.807, 2.05) is 41.8 Å². The first-order valence-corrected chi connectivity index (χ1v) is 8.26. The summed E-state index contributed by atoms with van der Waals surface area (Å²) < 4.78 is 0. The van der Waals surface area contributed by atoms with Crippen LogP contribution in [0.5, 0.6) is 0 Å². The van der Waals surface area contributed by atoms with Crippen LogP contribution in [0.2, 0.25) is 5.02 Å². The zero-order chi connectivity index (χ0) is 16.1. The van der Waals surface area contributed by atoms with Crippen molar-refractivity contribution in [2.45, 2.75) is 6.54 Å². The second-order valence-electron chi connectivity index (χ2n) is 4.81. The summed E-state index contributed by atoms with van der Waals surface area (Å²) in [6.07, 6.45) is 1.68. The number of anilines is 2. The topological polar surface area (TPSA) is 54.0 Å². The molecule has 0 aliphatic carbocycles. The van der Waals surface area contributed by atoms with Crippen LogP contribution in [-0.4, -0.2) is 10.9 Å². The van der Waals surface area contributed by atoms with Crippen molar-refractivity contribution in [2.75, 3.05) is 10.6 Å². The smallest absolute Gasteiger partial charge is 0.266 e. The van der Waals surface area contributed by atoms with Gasteiger partial charge in [-0.05, 0) is 35.2 Å². The van der Waals surface area contributed by atoms with Crippen molar-refractivity contribution >= 4 is 40.4 Å². The van der Waals surface area contributed by atoms with E-state index in [1.54, 1.807) is 18.3 Å². The number of aromatic nitrogens is 1. The van der Waals surface area contributed by atoms with Gasteiger partial charge in [-0.1, -0.05) is 35.9 Å². The van der Waals surface area contributed by atoms with Crippen molar-refractivity contribution < 1.29 is 4.79 Å². The maximum atomic E-state index is 11.9. The molecule has 0 fully saturated rings. The normalized spacial score (nSPS) is 10.3. The van der Waals surface area contributed by atoms with Crippen molar-refractivity contribution in [3.05, 3.63) is 75.6 Å². The molecule has 4 nitrogen and oxygen atoms in total. The Balaban J connectivity index is 1.59. The first kappa shape index (κ1) is 15.5. The molecule has 0 unspecified atom stereocenters. The highest BCUT2D eigenvalue weighted by molar-refractivity contribution is 7.12. The molecule has 2 aromatic heterocycles. The van der Waals surface area contributed by atoms with Gasteiger partial charge in [0.1, 0.15) is 5.82 Å². The molecule has 0 radical (unpaired) electrons. The minimum absolute atomic E-state index is 0.149. The third-order valence-corrected chi connectivity index (χ3v) is 4.43. The number of benzene rings is 1. The van der Waals surface area contributed by atoms with Crippen LogP contribution in [0.3, 0.4) is 0 Å². The number of amides is 1. The van der Waals surface area contributed by atoms with Gasteiger partial charge in [-0.15, -0.1) is 11.3 Å². The lowest BCUT2D eigenvalue weighted by atomic mass is 10.2. The summed E-state index contributed by atoms with van der Waals surface area (Å²) in [4.78, 5) is 16.8. The van der Waals surface area contributed by atoms with Crippen LogP contribution in [0.15, 0.2) is 60.1 Å². The monoisotopic (exact) mass is 343 g/mol. The number of carbonyl (C=O) groups is 1. The number of nitrogens with zero attached hydrogens (tertiary/aromatic N) is 1. The SMILES string of the molecule is O=C(Nc1ccc(NCc2ccccc2Cl)cn1)c1cccs1. The van der Waals surface area contributed by atoms with Gasteiger partial charge in [0.25, 0.3) is 5.91 Å². The molecule has 3 aromatic rings. The minimum atomic E-state index is -0.149. The summed E-state index contributed by atoms with van der Waals surface area (Å²) in [5.41, 5.74) is 1.88. The lowest BCUT2D eigenvalue weighted by Crippen LogP contribution is -2.11. The molecule has 0 aliphatic rings. The van der Waals surface area contributed by atoms with Gasteiger partial charge in [0, 0.05) is 11.6 Å². The first-order chi connectivity index (χ1) is 11.2. The molecule has 0 saturated heterocycles. The van der Waals surface area contributed by atoms with Crippen LogP contribution < -0.4 is 10.6 Å². The lowest BCUT2D eigenvalue weighted by molar-refractivity contribution is 0.103. The number of hydrogen-bond donors (Lipinski definition) is 2. The van der Waals surface area contributed by atoms with Crippen LogP contribution in [-0.2, 0) is 6.54 Å². The maximum Gasteiger partial charge on any atom is 0.266 e. The molecular weight excluding hydrogens is 330 g/mol. The lowest BCUT2D eigenvalue weighted by Gasteiger charge is -2.08. The van der Waals surface area contributed by atoms with Crippen LogP contribution >= 0.6 is 22.9 Å².